The Morgan fingerprint density at radius 3 is 2.48 bits per heavy atom. The van der Waals surface area contributed by atoms with Crippen molar-refractivity contribution in [3.8, 4) is 10.6 Å². The highest BCUT2D eigenvalue weighted by Gasteiger charge is 2.15. The van der Waals surface area contributed by atoms with Crippen molar-refractivity contribution in [1.29, 1.82) is 0 Å². The zero-order valence-electron chi connectivity index (χ0n) is 14.3. The summed E-state index contributed by atoms with van der Waals surface area (Å²) in [5.41, 5.74) is 3.31. The SMILES string of the molecule is CC(c1ccc(S(C)(=O)=O)cc1)N(C)Cc1csc(-c2ccsc2)n1. The summed E-state index contributed by atoms with van der Waals surface area (Å²) in [5, 5.41) is 7.32. The van der Waals surface area contributed by atoms with Gasteiger partial charge in [-0.1, -0.05) is 12.1 Å². The van der Waals surface area contributed by atoms with Crippen LogP contribution in [0.2, 0.25) is 0 Å². The van der Waals surface area contributed by atoms with Crippen molar-refractivity contribution in [2.45, 2.75) is 24.4 Å². The number of aromatic nitrogens is 1. The summed E-state index contributed by atoms with van der Waals surface area (Å²) in [5.74, 6) is 0. The third-order valence-electron chi connectivity index (χ3n) is 4.18. The van der Waals surface area contributed by atoms with Crippen molar-refractivity contribution in [3.05, 3.63) is 57.7 Å². The van der Waals surface area contributed by atoms with Crippen LogP contribution in [0.5, 0.6) is 0 Å². The number of rotatable bonds is 6. The number of nitrogens with zero attached hydrogens (tertiary/aromatic N) is 2. The molecule has 0 bridgehead atoms. The number of sulfone groups is 1. The Morgan fingerprint density at radius 2 is 1.88 bits per heavy atom. The minimum atomic E-state index is -3.15. The Labute approximate surface area is 156 Å². The summed E-state index contributed by atoms with van der Waals surface area (Å²) in [6, 6.07) is 9.37. The van der Waals surface area contributed by atoms with Crippen LogP contribution in [0.4, 0.5) is 0 Å². The monoisotopic (exact) mass is 392 g/mol. The van der Waals surface area contributed by atoms with Crippen LogP contribution >= 0.6 is 22.7 Å². The normalized spacial score (nSPS) is 13.3. The molecule has 0 aliphatic carbocycles. The summed E-state index contributed by atoms with van der Waals surface area (Å²) in [6.07, 6.45) is 1.23. The molecular weight excluding hydrogens is 372 g/mol. The highest BCUT2D eigenvalue weighted by atomic mass is 32.2. The van der Waals surface area contributed by atoms with E-state index in [1.807, 2.05) is 12.1 Å². The molecule has 0 saturated heterocycles. The largest absolute Gasteiger partial charge is 0.294 e. The first kappa shape index (κ1) is 18.3. The van der Waals surface area contributed by atoms with Crippen molar-refractivity contribution in [2.75, 3.05) is 13.3 Å². The molecule has 1 atom stereocenters. The van der Waals surface area contributed by atoms with Crippen molar-refractivity contribution in [2.24, 2.45) is 0 Å². The summed E-state index contributed by atoms with van der Waals surface area (Å²) in [6.45, 7) is 2.86. The van der Waals surface area contributed by atoms with Gasteiger partial charge in [-0.3, -0.25) is 4.90 Å². The molecule has 0 saturated carbocycles. The van der Waals surface area contributed by atoms with Crippen molar-refractivity contribution < 1.29 is 8.42 Å². The molecule has 2 aromatic heterocycles. The molecule has 0 spiro atoms. The first-order chi connectivity index (χ1) is 11.8. The molecule has 0 aliphatic rings. The van der Waals surface area contributed by atoms with Gasteiger partial charge in [-0.15, -0.1) is 11.3 Å². The average molecular weight is 393 g/mol. The van der Waals surface area contributed by atoms with Crippen molar-refractivity contribution in [1.82, 2.24) is 9.88 Å². The minimum Gasteiger partial charge on any atom is -0.294 e. The van der Waals surface area contributed by atoms with Gasteiger partial charge in [0.25, 0.3) is 0 Å². The van der Waals surface area contributed by atoms with E-state index in [9.17, 15) is 8.42 Å². The van der Waals surface area contributed by atoms with E-state index in [0.717, 1.165) is 22.8 Å². The summed E-state index contributed by atoms with van der Waals surface area (Å²) in [4.78, 5) is 7.28. The molecule has 0 N–H and O–H groups in total. The van der Waals surface area contributed by atoms with Crippen LogP contribution in [-0.4, -0.2) is 31.6 Å². The zero-order chi connectivity index (χ0) is 18.0. The molecule has 3 rings (SSSR count). The minimum absolute atomic E-state index is 0.167. The third-order valence-corrected chi connectivity index (χ3v) is 6.93. The highest BCUT2D eigenvalue weighted by Crippen LogP contribution is 2.27. The lowest BCUT2D eigenvalue weighted by atomic mass is 10.1. The lowest BCUT2D eigenvalue weighted by Gasteiger charge is -2.24. The Morgan fingerprint density at radius 1 is 1.16 bits per heavy atom. The molecule has 25 heavy (non-hydrogen) atoms. The molecule has 132 valence electrons. The second-order valence-corrected chi connectivity index (χ2v) is 9.74. The van der Waals surface area contributed by atoms with Gasteiger partial charge in [0, 0.05) is 35.2 Å². The third kappa shape index (κ3) is 4.36. The van der Waals surface area contributed by atoms with Crippen LogP contribution in [0.1, 0.15) is 24.2 Å². The fraction of sp³-hybridized carbons (Fsp3) is 0.278. The topological polar surface area (TPSA) is 50.3 Å². The molecule has 0 radical (unpaired) electrons. The molecule has 2 heterocycles. The standard InChI is InChI=1S/C18H20N2O2S3/c1-13(14-4-6-17(7-5-14)25(3,21)22)20(2)10-16-12-24-18(19-16)15-8-9-23-11-15/h4-9,11-13H,10H2,1-3H3. The quantitative estimate of drug-likeness (QED) is 0.621. The fourth-order valence-corrected chi connectivity index (χ4v) is 4.69. The lowest BCUT2D eigenvalue weighted by Crippen LogP contribution is -2.22. The van der Waals surface area contributed by atoms with Gasteiger partial charge in [-0.2, -0.15) is 11.3 Å². The van der Waals surface area contributed by atoms with Crippen LogP contribution in [0.3, 0.4) is 0 Å². The number of hydrogen-bond donors (Lipinski definition) is 0. The molecule has 0 amide bonds. The molecule has 4 nitrogen and oxygen atoms in total. The van der Waals surface area contributed by atoms with Crippen LogP contribution in [0.25, 0.3) is 10.6 Å². The summed E-state index contributed by atoms with van der Waals surface area (Å²) in [7, 11) is -1.10. The number of thiazole rings is 1. The van der Waals surface area contributed by atoms with Crippen LogP contribution in [0, 0.1) is 0 Å². The molecule has 0 aliphatic heterocycles. The Balaban J connectivity index is 1.69. The zero-order valence-corrected chi connectivity index (χ0v) is 16.8. The first-order valence-corrected chi connectivity index (χ1v) is 11.5. The van der Waals surface area contributed by atoms with E-state index < -0.39 is 9.84 Å². The smallest absolute Gasteiger partial charge is 0.175 e. The van der Waals surface area contributed by atoms with Crippen molar-refractivity contribution >= 4 is 32.5 Å². The van der Waals surface area contributed by atoms with Gasteiger partial charge in [0.1, 0.15) is 5.01 Å². The summed E-state index contributed by atoms with van der Waals surface area (Å²) >= 11 is 3.34. The van der Waals surface area contributed by atoms with E-state index in [-0.39, 0.29) is 6.04 Å². The van der Waals surface area contributed by atoms with E-state index in [1.165, 1.54) is 11.8 Å². The Bertz CT molecular complexity index is 929. The van der Waals surface area contributed by atoms with E-state index in [1.54, 1.807) is 34.8 Å². The van der Waals surface area contributed by atoms with Gasteiger partial charge >= 0.3 is 0 Å². The van der Waals surface area contributed by atoms with Crippen LogP contribution in [0.15, 0.2) is 51.4 Å². The van der Waals surface area contributed by atoms with Crippen LogP contribution in [-0.2, 0) is 16.4 Å². The molecule has 1 unspecified atom stereocenters. The lowest BCUT2D eigenvalue weighted by molar-refractivity contribution is 0.250. The Kier molecular flexibility index (Phi) is 5.38. The molecular formula is C18H20N2O2S3. The summed E-state index contributed by atoms with van der Waals surface area (Å²) < 4.78 is 23.1. The van der Waals surface area contributed by atoms with Gasteiger partial charge in [-0.05, 0) is 43.1 Å². The van der Waals surface area contributed by atoms with E-state index in [4.69, 9.17) is 4.98 Å². The molecule has 7 heteroatoms. The second-order valence-electron chi connectivity index (χ2n) is 6.09. The van der Waals surface area contributed by atoms with Gasteiger partial charge < -0.3 is 0 Å². The predicted molar refractivity (Wildman–Crippen MR) is 105 cm³/mol. The van der Waals surface area contributed by atoms with Crippen molar-refractivity contribution in [3.63, 3.8) is 0 Å². The predicted octanol–water partition coefficient (Wildman–Crippen LogP) is 4.47. The average Bonchev–Trinajstić information content (AvgIpc) is 3.24. The maximum Gasteiger partial charge on any atom is 0.175 e. The number of benzene rings is 1. The second kappa shape index (κ2) is 7.37. The van der Waals surface area contributed by atoms with Gasteiger partial charge in [0.15, 0.2) is 9.84 Å². The maximum absolute atomic E-state index is 11.6. The number of hydrogen-bond acceptors (Lipinski definition) is 6. The maximum atomic E-state index is 11.6. The molecule has 3 aromatic rings. The van der Waals surface area contributed by atoms with Gasteiger partial charge in [0.2, 0.25) is 0 Å². The first-order valence-electron chi connectivity index (χ1n) is 7.82. The van der Waals surface area contributed by atoms with Gasteiger partial charge in [0.05, 0.1) is 10.6 Å². The highest BCUT2D eigenvalue weighted by molar-refractivity contribution is 7.90. The van der Waals surface area contributed by atoms with Gasteiger partial charge in [-0.25, -0.2) is 13.4 Å². The van der Waals surface area contributed by atoms with E-state index in [2.05, 4.69) is 41.1 Å². The number of thiophene rings is 1. The van der Waals surface area contributed by atoms with Crippen LogP contribution < -0.4 is 0 Å². The van der Waals surface area contributed by atoms with E-state index in [0.29, 0.717) is 4.90 Å². The van der Waals surface area contributed by atoms with E-state index >= 15 is 0 Å². The molecule has 1 aromatic carbocycles. The Hall–Kier alpha value is -1.54. The molecule has 0 fully saturated rings. The fourth-order valence-electron chi connectivity index (χ4n) is 2.54.